The summed E-state index contributed by atoms with van der Waals surface area (Å²) in [5.74, 6) is -0.701. The number of halogens is 1. The molecule has 0 aliphatic heterocycles. The number of nitrogens with zero attached hydrogens (tertiary/aromatic N) is 1. The molecule has 0 N–H and O–H groups in total. The lowest BCUT2D eigenvalue weighted by Gasteiger charge is -2.29. The first-order valence-corrected chi connectivity index (χ1v) is 7.59. The van der Waals surface area contributed by atoms with Gasteiger partial charge in [0, 0.05) is 21.7 Å². The molecule has 0 radical (unpaired) electrons. The van der Waals surface area contributed by atoms with Gasteiger partial charge in [0.2, 0.25) is 0 Å². The fourth-order valence-electron chi connectivity index (χ4n) is 1.86. The van der Waals surface area contributed by atoms with Crippen LogP contribution in [0.2, 0.25) is 0 Å². The van der Waals surface area contributed by atoms with E-state index < -0.39 is 0 Å². The number of hydrogen-bond acceptors (Lipinski definition) is 3. The summed E-state index contributed by atoms with van der Waals surface area (Å²) >= 11 is 2.20. The molecule has 0 aromatic heterocycles. The van der Waals surface area contributed by atoms with E-state index in [1.807, 2.05) is 38.1 Å². The first-order valence-electron chi connectivity index (χ1n) is 6.51. The van der Waals surface area contributed by atoms with Gasteiger partial charge in [-0.1, -0.05) is 6.92 Å². The second-order valence-corrected chi connectivity index (χ2v) is 6.23. The number of carbonyl (C=O) groups is 2. The SMILES string of the molecule is COC(=O)C(C)CN(C(=O)c1ccc(I)cc1)C(C)C. The molecule has 110 valence electrons. The second-order valence-electron chi connectivity index (χ2n) is 4.98. The minimum absolute atomic E-state index is 0.0221. The van der Waals surface area contributed by atoms with Crippen LogP contribution in [-0.4, -0.2) is 36.5 Å². The molecule has 0 saturated heterocycles. The van der Waals surface area contributed by atoms with Crippen molar-refractivity contribution in [1.29, 1.82) is 0 Å². The van der Waals surface area contributed by atoms with E-state index in [2.05, 4.69) is 22.6 Å². The number of ether oxygens (including phenoxy) is 1. The van der Waals surface area contributed by atoms with Gasteiger partial charge < -0.3 is 9.64 Å². The minimum Gasteiger partial charge on any atom is -0.469 e. The Kier molecular flexibility index (Phi) is 6.45. The summed E-state index contributed by atoms with van der Waals surface area (Å²) in [6.45, 7) is 6.00. The third-order valence-electron chi connectivity index (χ3n) is 3.05. The molecule has 0 heterocycles. The Morgan fingerprint density at radius 3 is 2.20 bits per heavy atom. The molecule has 0 saturated carbocycles. The molecule has 0 aliphatic carbocycles. The molecule has 1 rings (SSSR count). The Hall–Kier alpha value is -1.11. The zero-order chi connectivity index (χ0) is 15.3. The summed E-state index contributed by atoms with van der Waals surface area (Å²) < 4.78 is 5.80. The number of amides is 1. The molecular weight excluding hydrogens is 369 g/mol. The van der Waals surface area contributed by atoms with E-state index in [1.54, 1.807) is 11.8 Å². The zero-order valence-electron chi connectivity index (χ0n) is 12.2. The van der Waals surface area contributed by atoms with Crippen molar-refractivity contribution in [2.24, 2.45) is 5.92 Å². The maximum atomic E-state index is 12.5. The standard InChI is InChI=1S/C15H20INO3/c1-10(2)17(9-11(3)15(19)20-4)14(18)12-5-7-13(16)8-6-12/h5-8,10-11H,9H2,1-4H3. The Bertz CT molecular complexity index is 471. The van der Waals surface area contributed by atoms with E-state index in [-0.39, 0.29) is 23.8 Å². The molecule has 5 heteroatoms. The fraction of sp³-hybridized carbons (Fsp3) is 0.467. The third kappa shape index (κ3) is 4.47. The van der Waals surface area contributed by atoms with Crippen LogP contribution < -0.4 is 0 Å². The van der Waals surface area contributed by atoms with E-state index in [4.69, 9.17) is 4.74 Å². The molecule has 0 aliphatic rings. The van der Waals surface area contributed by atoms with Gasteiger partial charge >= 0.3 is 5.97 Å². The Morgan fingerprint density at radius 1 is 1.20 bits per heavy atom. The molecule has 4 nitrogen and oxygen atoms in total. The third-order valence-corrected chi connectivity index (χ3v) is 3.77. The van der Waals surface area contributed by atoms with Crippen LogP contribution >= 0.6 is 22.6 Å². The fourth-order valence-corrected chi connectivity index (χ4v) is 2.22. The zero-order valence-corrected chi connectivity index (χ0v) is 14.4. The highest BCUT2D eigenvalue weighted by molar-refractivity contribution is 14.1. The minimum atomic E-state index is -0.338. The summed E-state index contributed by atoms with van der Waals surface area (Å²) in [4.78, 5) is 25.7. The van der Waals surface area contributed by atoms with Crippen LogP contribution in [0.5, 0.6) is 0 Å². The van der Waals surface area contributed by atoms with Gasteiger partial charge in [-0.25, -0.2) is 0 Å². The highest BCUT2D eigenvalue weighted by Gasteiger charge is 2.24. The van der Waals surface area contributed by atoms with Crippen molar-refractivity contribution in [2.45, 2.75) is 26.8 Å². The van der Waals surface area contributed by atoms with Crippen LogP contribution in [0.1, 0.15) is 31.1 Å². The first-order chi connectivity index (χ1) is 9.36. The van der Waals surface area contributed by atoms with Crippen molar-refractivity contribution < 1.29 is 14.3 Å². The largest absolute Gasteiger partial charge is 0.469 e. The summed E-state index contributed by atoms with van der Waals surface area (Å²) in [5.41, 5.74) is 0.635. The average Bonchev–Trinajstić information content (AvgIpc) is 2.43. The lowest BCUT2D eigenvalue weighted by atomic mass is 10.1. The number of esters is 1. The van der Waals surface area contributed by atoms with Crippen LogP contribution in [-0.2, 0) is 9.53 Å². The summed E-state index contributed by atoms with van der Waals surface area (Å²) in [6, 6.07) is 7.44. The molecule has 1 aromatic rings. The van der Waals surface area contributed by atoms with Crippen LogP contribution in [0, 0.1) is 9.49 Å². The Balaban J connectivity index is 2.88. The molecule has 1 amide bonds. The van der Waals surface area contributed by atoms with Gasteiger partial charge in [-0.05, 0) is 60.7 Å². The number of rotatable bonds is 5. The van der Waals surface area contributed by atoms with Gasteiger partial charge in [0.15, 0.2) is 0 Å². The number of hydrogen-bond donors (Lipinski definition) is 0. The van der Waals surface area contributed by atoms with Gasteiger partial charge in [0.25, 0.3) is 5.91 Å². The summed E-state index contributed by atoms with van der Waals surface area (Å²) in [6.07, 6.45) is 0. The quantitative estimate of drug-likeness (QED) is 0.575. The molecule has 0 spiro atoms. The molecule has 1 aromatic carbocycles. The predicted molar refractivity (Wildman–Crippen MR) is 86.5 cm³/mol. The van der Waals surface area contributed by atoms with Crippen LogP contribution in [0.4, 0.5) is 0 Å². The smallest absolute Gasteiger partial charge is 0.310 e. The number of benzene rings is 1. The van der Waals surface area contributed by atoms with Crippen molar-refractivity contribution in [1.82, 2.24) is 4.90 Å². The highest BCUT2D eigenvalue weighted by atomic mass is 127. The molecular formula is C15H20INO3. The monoisotopic (exact) mass is 389 g/mol. The summed E-state index contributed by atoms with van der Waals surface area (Å²) in [5, 5.41) is 0. The van der Waals surface area contributed by atoms with Crippen molar-refractivity contribution >= 4 is 34.5 Å². The first kappa shape index (κ1) is 16.9. The predicted octanol–water partition coefficient (Wildman–Crippen LogP) is 2.95. The molecule has 1 atom stereocenters. The Morgan fingerprint density at radius 2 is 1.75 bits per heavy atom. The average molecular weight is 389 g/mol. The van der Waals surface area contributed by atoms with Crippen molar-refractivity contribution in [2.75, 3.05) is 13.7 Å². The Labute approximate surface area is 133 Å². The van der Waals surface area contributed by atoms with Gasteiger partial charge in [0.05, 0.1) is 13.0 Å². The van der Waals surface area contributed by atoms with Crippen molar-refractivity contribution in [3.63, 3.8) is 0 Å². The van der Waals surface area contributed by atoms with Crippen molar-refractivity contribution in [3.8, 4) is 0 Å². The highest BCUT2D eigenvalue weighted by Crippen LogP contribution is 2.14. The van der Waals surface area contributed by atoms with Gasteiger partial charge in [-0.3, -0.25) is 9.59 Å². The van der Waals surface area contributed by atoms with Crippen LogP contribution in [0.25, 0.3) is 0 Å². The van der Waals surface area contributed by atoms with E-state index in [0.717, 1.165) is 3.57 Å². The van der Waals surface area contributed by atoms with E-state index in [1.165, 1.54) is 7.11 Å². The molecule has 20 heavy (non-hydrogen) atoms. The van der Waals surface area contributed by atoms with Gasteiger partial charge in [-0.2, -0.15) is 0 Å². The maximum absolute atomic E-state index is 12.5. The normalized spacial score (nSPS) is 12.1. The van der Waals surface area contributed by atoms with Crippen LogP contribution in [0.3, 0.4) is 0 Å². The maximum Gasteiger partial charge on any atom is 0.310 e. The summed E-state index contributed by atoms with van der Waals surface area (Å²) in [7, 11) is 1.36. The lowest BCUT2D eigenvalue weighted by molar-refractivity contribution is -0.145. The van der Waals surface area contributed by atoms with E-state index >= 15 is 0 Å². The van der Waals surface area contributed by atoms with E-state index in [9.17, 15) is 9.59 Å². The van der Waals surface area contributed by atoms with Crippen molar-refractivity contribution in [3.05, 3.63) is 33.4 Å². The molecule has 0 fully saturated rings. The second kappa shape index (κ2) is 7.61. The molecule has 0 bridgehead atoms. The lowest BCUT2D eigenvalue weighted by Crippen LogP contribution is -2.41. The molecule has 1 unspecified atom stereocenters. The number of methoxy groups -OCH3 is 1. The number of carbonyl (C=O) groups excluding carboxylic acids is 2. The van der Waals surface area contributed by atoms with Gasteiger partial charge in [0.1, 0.15) is 0 Å². The topological polar surface area (TPSA) is 46.6 Å². The van der Waals surface area contributed by atoms with E-state index in [0.29, 0.717) is 12.1 Å². The van der Waals surface area contributed by atoms with Gasteiger partial charge in [-0.15, -0.1) is 0 Å². The van der Waals surface area contributed by atoms with Crippen LogP contribution in [0.15, 0.2) is 24.3 Å².